The molecule has 0 spiro atoms. The molecule has 0 atom stereocenters. The van der Waals surface area contributed by atoms with Gasteiger partial charge in [0, 0.05) is 71.4 Å². The van der Waals surface area contributed by atoms with Gasteiger partial charge in [0.05, 0.1) is 19.8 Å². The van der Waals surface area contributed by atoms with E-state index in [1.54, 1.807) is 21.3 Å². The van der Waals surface area contributed by atoms with E-state index in [2.05, 4.69) is 35.5 Å². The van der Waals surface area contributed by atoms with Crippen LogP contribution in [0.2, 0.25) is 0 Å². The largest absolute Gasteiger partial charge is 0.381 e. The van der Waals surface area contributed by atoms with E-state index >= 15 is 0 Å². The lowest BCUT2D eigenvalue weighted by Gasteiger charge is -2.16. The maximum Gasteiger partial charge on any atom is 0.0646 e. The van der Waals surface area contributed by atoms with Gasteiger partial charge in [-0.15, -0.1) is 0 Å². The summed E-state index contributed by atoms with van der Waals surface area (Å²) in [5.41, 5.74) is 7.85. The highest BCUT2D eigenvalue weighted by molar-refractivity contribution is 5.85. The van der Waals surface area contributed by atoms with Gasteiger partial charge in [0.2, 0.25) is 0 Å². The smallest absolute Gasteiger partial charge is 0.0646 e. The minimum atomic E-state index is 0.441. The molecule has 45 heavy (non-hydrogen) atoms. The lowest BCUT2D eigenvalue weighted by atomic mass is 9.85. The van der Waals surface area contributed by atoms with Crippen LogP contribution in [0, 0.1) is 35.5 Å². The zero-order valence-electron chi connectivity index (χ0n) is 26.0. The van der Waals surface area contributed by atoms with Crippen molar-refractivity contribution in [3.05, 3.63) is 159 Å². The van der Waals surface area contributed by atoms with Gasteiger partial charge in [-0.2, -0.15) is 0 Å². The molecule has 0 saturated heterocycles. The molecule has 0 aliphatic heterocycles. The fraction of sp³-hybridized carbons (Fsp3) is 0.143. The van der Waals surface area contributed by atoms with Crippen molar-refractivity contribution in [2.24, 2.45) is 0 Å². The number of hydrogen-bond acceptors (Lipinski definition) is 3. The molecule has 4 aromatic rings. The summed E-state index contributed by atoms with van der Waals surface area (Å²) in [5.74, 6) is 20.7. The highest BCUT2D eigenvalue weighted by Crippen LogP contribution is 2.31. The minimum Gasteiger partial charge on any atom is -0.381 e. The van der Waals surface area contributed by atoms with Crippen molar-refractivity contribution >= 4 is 18.2 Å². The Morgan fingerprint density at radius 3 is 0.911 bits per heavy atom. The second-order valence-corrected chi connectivity index (χ2v) is 9.79. The number of rotatable bonds is 9. The molecule has 0 bridgehead atoms. The van der Waals surface area contributed by atoms with Gasteiger partial charge in [-0.25, -0.2) is 0 Å². The summed E-state index contributed by atoms with van der Waals surface area (Å²) in [7, 11) is 5.03. The first-order valence-electron chi connectivity index (χ1n) is 14.7. The Kier molecular flexibility index (Phi) is 13.3. The van der Waals surface area contributed by atoms with Gasteiger partial charge in [-0.05, 0) is 36.4 Å². The fourth-order valence-corrected chi connectivity index (χ4v) is 4.47. The molecule has 0 aliphatic carbocycles. The van der Waals surface area contributed by atoms with Crippen LogP contribution in [0.1, 0.15) is 50.1 Å². The third-order valence-corrected chi connectivity index (χ3v) is 6.58. The number of methoxy groups -OCH3 is 3. The molecule has 0 fully saturated rings. The van der Waals surface area contributed by atoms with Crippen LogP contribution in [-0.2, 0) is 14.2 Å². The molecule has 0 aliphatic rings. The van der Waals surface area contributed by atoms with E-state index < -0.39 is 0 Å². The average Bonchev–Trinajstić information content (AvgIpc) is 3.08. The van der Waals surface area contributed by atoms with Crippen LogP contribution in [0.25, 0.3) is 18.2 Å². The highest BCUT2D eigenvalue weighted by Gasteiger charge is 2.18. The summed E-state index contributed by atoms with van der Waals surface area (Å²) in [6.07, 6.45) is 12.1. The number of hydrogen-bond donors (Lipinski definition) is 0. The van der Waals surface area contributed by atoms with Crippen LogP contribution in [0.15, 0.2) is 109 Å². The number of benzene rings is 4. The molecule has 0 amide bonds. The normalized spacial score (nSPS) is 10.7. The second kappa shape index (κ2) is 18.4. The SMILES string of the molecule is COC/C=C/c1c(C#Cc2ccccc2)c(/C=C/COC)c(C#Cc2ccccc2)c(/C=C/COC)c1C#Cc1ccccc1. The first-order chi connectivity index (χ1) is 22.2. The molecule has 4 aromatic carbocycles. The first-order valence-corrected chi connectivity index (χ1v) is 14.7. The van der Waals surface area contributed by atoms with E-state index in [-0.39, 0.29) is 0 Å². The van der Waals surface area contributed by atoms with E-state index in [1.165, 1.54) is 0 Å². The topological polar surface area (TPSA) is 27.7 Å². The molecule has 4 rings (SSSR count). The van der Waals surface area contributed by atoms with Gasteiger partial charge in [0.15, 0.2) is 0 Å². The Balaban J connectivity index is 2.17. The summed E-state index contributed by atoms with van der Waals surface area (Å²) < 4.78 is 16.2. The zero-order chi connectivity index (χ0) is 31.5. The van der Waals surface area contributed by atoms with E-state index in [0.717, 1.165) is 50.1 Å². The van der Waals surface area contributed by atoms with E-state index in [1.807, 2.05) is 127 Å². The van der Waals surface area contributed by atoms with Crippen LogP contribution in [-0.4, -0.2) is 41.2 Å². The first kappa shape index (κ1) is 32.6. The van der Waals surface area contributed by atoms with Gasteiger partial charge in [-0.3, -0.25) is 0 Å². The molecule has 0 saturated carbocycles. The molecule has 0 unspecified atom stereocenters. The monoisotopic (exact) mass is 588 g/mol. The van der Waals surface area contributed by atoms with Gasteiger partial charge >= 0.3 is 0 Å². The van der Waals surface area contributed by atoms with Crippen LogP contribution in [0.3, 0.4) is 0 Å². The van der Waals surface area contributed by atoms with Crippen molar-refractivity contribution in [3.8, 4) is 35.5 Å². The van der Waals surface area contributed by atoms with E-state index in [9.17, 15) is 0 Å². The Bertz CT molecular complexity index is 1580. The summed E-state index contributed by atoms with van der Waals surface area (Å²) in [6.45, 7) is 1.32. The number of ether oxygens (including phenoxy) is 3. The summed E-state index contributed by atoms with van der Waals surface area (Å²) in [4.78, 5) is 0. The summed E-state index contributed by atoms with van der Waals surface area (Å²) >= 11 is 0. The predicted molar refractivity (Wildman–Crippen MR) is 186 cm³/mol. The summed E-state index contributed by atoms with van der Waals surface area (Å²) in [5, 5.41) is 0. The van der Waals surface area contributed by atoms with Crippen LogP contribution in [0.5, 0.6) is 0 Å². The van der Waals surface area contributed by atoms with Gasteiger partial charge in [0.1, 0.15) is 0 Å². The lowest BCUT2D eigenvalue weighted by molar-refractivity contribution is 0.234. The second-order valence-electron chi connectivity index (χ2n) is 9.79. The zero-order valence-corrected chi connectivity index (χ0v) is 26.0. The molecule has 0 heterocycles. The van der Waals surface area contributed by atoms with Crippen molar-refractivity contribution in [2.45, 2.75) is 0 Å². The molecule has 222 valence electrons. The highest BCUT2D eigenvalue weighted by atomic mass is 16.5. The Morgan fingerprint density at radius 1 is 0.400 bits per heavy atom. The molecular formula is C42H36O3. The lowest BCUT2D eigenvalue weighted by Crippen LogP contribution is -2.04. The van der Waals surface area contributed by atoms with Crippen molar-refractivity contribution < 1.29 is 14.2 Å². The van der Waals surface area contributed by atoms with Crippen molar-refractivity contribution in [1.82, 2.24) is 0 Å². The van der Waals surface area contributed by atoms with Crippen molar-refractivity contribution in [3.63, 3.8) is 0 Å². The average molecular weight is 589 g/mol. The van der Waals surface area contributed by atoms with Crippen LogP contribution >= 0.6 is 0 Å². The Hall–Kier alpha value is -5.34. The van der Waals surface area contributed by atoms with Gasteiger partial charge in [-0.1, -0.05) is 127 Å². The van der Waals surface area contributed by atoms with Crippen LogP contribution in [0.4, 0.5) is 0 Å². The maximum absolute atomic E-state index is 5.39. The maximum atomic E-state index is 5.39. The third kappa shape index (κ3) is 9.84. The van der Waals surface area contributed by atoms with Gasteiger partial charge in [0.25, 0.3) is 0 Å². The quantitative estimate of drug-likeness (QED) is 0.186. The minimum absolute atomic E-state index is 0.441. The van der Waals surface area contributed by atoms with Crippen molar-refractivity contribution in [1.29, 1.82) is 0 Å². The molecule has 0 radical (unpaired) electrons. The Labute approximate surface area is 267 Å². The molecule has 0 aromatic heterocycles. The standard InChI is InChI=1S/C42H36O3/c1-43-31-13-22-37-40(28-25-34-16-7-4-8-17-34)38(23-14-32-44-2)42(30-27-36-20-11-6-12-21-36)39(24-15-33-45-3)41(37)29-26-35-18-9-5-10-19-35/h4-24H,31-33H2,1-3H3/b22-13+,23-14+,24-15+. The summed E-state index contributed by atoms with van der Waals surface area (Å²) in [6, 6.07) is 29.9. The Morgan fingerprint density at radius 2 is 0.667 bits per heavy atom. The third-order valence-electron chi connectivity index (χ3n) is 6.58. The molecule has 3 nitrogen and oxygen atoms in total. The van der Waals surface area contributed by atoms with Crippen molar-refractivity contribution in [2.75, 3.05) is 41.2 Å². The molecule has 0 N–H and O–H groups in total. The van der Waals surface area contributed by atoms with E-state index in [0.29, 0.717) is 19.8 Å². The van der Waals surface area contributed by atoms with E-state index in [4.69, 9.17) is 14.2 Å². The molecular weight excluding hydrogens is 552 g/mol. The van der Waals surface area contributed by atoms with Crippen LogP contribution < -0.4 is 0 Å². The van der Waals surface area contributed by atoms with Gasteiger partial charge < -0.3 is 14.2 Å². The molecule has 3 heteroatoms. The predicted octanol–water partition coefficient (Wildman–Crippen LogP) is 7.86. The fourth-order valence-electron chi connectivity index (χ4n) is 4.47.